The van der Waals surface area contributed by atoms with Gasteiger partial charge in [0.15, 0.2) is 0 Å². The topological polar surface area (TPSA) is 52.2 Å². The number of nitrogens with one attached hydrogen (secondary N) is 1. The largest absolute Gasteiger partial charge is 0.347 e. The van der Waals surface area contributed by atoms with E-state index in [2.05, 4.69) is 21.8 Å². The lowest BCUT2D eigenvalue weighted by Gasteiger charge is -2.40. The molecule has 1 amide bonds. The molecule has 0 unspecified atom stereocenters. The van der Waals surface area contributed by atoms with E-state index in [1.807, 2.05) is 4.90 Å². The van der Waals surface area contributed by atoms with Gasteiger partial charge in [0.05, 0.1) is 6.04 Å². The summed E-state index contributed by atoms with van der Waals surface area (Å²) in [4.78, 5) is 24.3. The third-order valence-corrected chi connectivity index (χ3v) is 4.42. The quantitative estimate of drug-likeness (QED) is 0.946. The molecular formula is C17H21FN4O. The molecule has 3 rings (SSSR count). The molecule has 5 nitrogen and oxygen atoms in total. The lowest BCUT2D eigenvalue weighted by Crippen LogP contribution is -2.50. The zero-order chi connectivity index (χ0) is 16.4. The Morgan fingerprint density at radius 3 is 2.91 bits per heavy atom. The predicted molar refractivity (Wildman–Crippen MR) is 85.6 cm³/mol. The van der Waals surface area contributed by atoms with Crippen LogP contribution in [-0.2, 0) is 0 Å². The van der Waals surface area contributed by atoms with Crippen molar-refractivity contribution >= 4 is 5.91 Å². The molecule has 1 N–H and O–H groups in total. The van der Waals surface area contributed by atoms with Gasteiger partial charge in [-0.05, 0) is 37.2 Å². The van der Waals surface area contributed by atoms with Crippen molar-refractivity contribution in [2.75, 3.05) is 26.2 Å². The lowest BCUT2D eigenvalue weighted by atomic mass is 10.1. The van der Waals surface area contributed by atoms with Crippen LogP contribution in [0.15, 0.2) is 30.6 Å². The van der Waals surface area contributed by atoms with Crippen molar-refractivity contribution in [3.05, 3.63) is 53.4 Å². The standard InChI is InChI=1S/C17H21FN4O/c1-3-21-8-9-22(11-15(21)16-19-6-7-20-16)17(23)13-4-5-14(18)12(2)10-13/h4-7,10,15H,3,8-9,11H2,1-2H3,(H,19,20)/t15-/m1/s1. The molecule has 0 saturated carbocycles. The summed E-state index contributed by atoms with van der Waals surface area (Å²) in [7, 11) is 0. The second kappa shape index (κ2) is 6.50. The van der Waals surface area contributed by atoms with E-state index in [4.69, 9.17) is 0 Å². The summed E-state index contributed by atoms with van der Waals surface area (Å²) in [6.45, 7) is 6.73. The number of carbonyl (C=O) groups is 1. The number of imidazole rings is 1. The van der Waals surface area contributed by atoms with E-state index in [1.165, 1.54) is 6.07 Å². The molecule has 2 heterocycles. The molecule has 1 saturated heterocycles. The Morgan fingerprint density at radius 1 is 1.43 bits per heavy atom. The molecule has 1 aliphatic heterocycles. The normalized spacial score (nSPS) is 19.1. The minimum Gasteiger partial charge on any atom is -0.347 e. The van der Waals surface area contributed by atoms with Crippen LogP contribution in [0, 0.1) is 12.7 Å². The fourth-order valence-corrected chi connectivity index (χ4v) is 3.06. The van der Waals surface area contributed by atoms with Crippen molar-refractivity contribution in [1.82, 2.24) is 19.8 Å². The van der Waals surface area contributed by atoms with Crippen LogP contribution in [0.25, 0.3) is 0 Å². The van der Waals surface area contributed by atoms with Crippen molar-refractivity contribution in [3.8, 4) is 0 Å². The molecule has 0 bridgehead atoms. The van der Waals surface area contributed by atoms with E-state index in [0.717, 1.165) is 18.9 Å². The summed E-state index contributed by atoms with van der Waals surface area (Å²) in [6.07, 6.45) is 3.53. The highest BCUT2D eigenvalue weighted by atomic mass is 19.1. The van der Waals surface area contributed by atoms with Crippen molar-refractivity contribution in [2.45, 2.75) is 19.9 Å². The predicted octanol–water partition coefficient (Wildman–Crippen LogP) is 2.38. The van der Waals surface area contributed by atoms with Gasteiger partial charge in [-0.25, -0.2) is 9.37 Å². The number of halogens is 1. The summed E-state index contributed by atoms with van der Waals surface area (Å²) in [5.41, 5.74) is 1.03. The first-order chi connectivity index (χ1) is 11.1. The Hall–Kier alpha value is -2.21. The Balaban J connectivity index is 1.80. The molecular weight excluding hydrogens is 295 g/mol. The first kappa shape index (κ1) is 15.7. The molecule has 0 radical (unpaired) electrons. The molecule has 1 fully saturated rings. The third kappa shape index (κ3) is 3.12. The average molecular weight is 316 g/mol. The Labute approximate surface area is 135 Å². The van der Waals surface area contributed by atoms with Crippen molar-refractivity contribution in [1.29, 1.82) is 0 Å². The number of carbonyl (C=O) groups excluding carboxylic acids is 1. The van der Waals surface area contributed by atoms with Crippen LogP contribution < -0.4 is 0 Å². The van der Waals surface area contributed by atoms with E-state index < -0.39 is 0 Å². The summed E-state index contributed by atoms with van der Waals surface area (Å²) in [5.74, 6) is 0.533. The van der Waals surface area contributed by atoms with E-state index in [1.54, 1.807) is 31.5 Å². The fourth-order valence-electron chi connectivity index (χ4n) is 3.06. The molecule has 23 heavy (non-hydrogen) atoms. The molecule has 1 aliphatic rings. The number of aromatic nitrogens is 2. The minimum atomic E-state index is -0.286. The summed E-state index contributed by atoms with van der Waals surface area (Å²) in [5, 5.41) is 0. The van der Waals surface area contributed by atoms with Crippen LogP contribution in [-0.4, -0.2) is 51.9 Å². The Morgan fingerprint density at radius 2 is 2.26 bits per heavy atom. The number of aromatic amines is 1. The Bertz CT molecular complexity index is 686. The van der Waals surface area contributed by atoms with Gasteiger partial charge in [0.2, 0.25) is 0 Å². The maximum atomic E-state index is 13.4. The van der Waals surface area contributed by atoms with Gasteiger partial charge in [-0.15, -0.1) is 0 Å². The van der Waals surface area contributed by atoms with Crippen molar-refractivity contribution in [2.24, 2.45) is 0 Å². The number of amides is 1. The summed E-state index contributed by atoms with van der Waals surface area (Å²) >= 11 is 0. The highest BCUT2D eigenvalue weighted by Crippen LogP contribution is 2.24. The van der Waals surface area contributed by atoms with Gasteiger partial charge in [0, 0.05) is 37.6 Å². The molecule has 1 aromatic carbocycles. The number of aryl methyl sites for hydroxylation is 1. The van der Waals surface area contributed by atoms with E-state index in [9.17, 15) is 9.18 Å². The van der Waals surface area contributed by atoms with Gasteiger partial charge in [-0.1, -0.05) is 6.92 Å². The highest BCUT2D eigenvalue weighted by molar-refractivity contribution is 5.94. The van der Waals surface area contributed by atoms with Crippen LogP contribution in [0.3, 0.4) is 0 Å². The maximum absolute atomic E-state index is 13.4. The van der Waals surface area contributed by atoms with Crippen LogP contribution in [0.5, 0.6) is 0 Å². The number of nitrogens with zero attached hydrogens (tertiary/aromatic N) is 3. The molecule has 0 spiro atoms. The zero-order valence-corrected chi connectivity index (χ0v) is 13.4. The van der Waals surface area contributed by atoms with E-state index in [-0.39, 0.29) is 17.8 Å². The number of hydrogen-bond acceptors (Lipinski definition) is 3. The average Bonchev–Trinajstić information content (AvgIpc) is 3.10. The molecule has 1 atom stereocenters. The number of likely N-dealkylation sites (N-methyl/N-ethyl adjacent to an activating group) is 1. The minimum absolute atomic E-state index is 0.0552. The van der Waals surface area contributed by atoms with Crippen molar-refractivity contribution < 1.29 is 9.18 Å². The molecule has 2 aromatic rings. The highest BCUT2D eigenvalue weighted by Gasteiger charge is 2.31. The summed E-state index contributed by atoms with van der Waals surface area (Å²) < 4.78 is 13.4. The molecule has 6 heteroatoms. The fraction of sp³-hybridized carbons (Fsp3) is 0.412. The van der Waals surface area contributed by atoms with Crippen molar-refractivity contribution in [3.63, 3.8) is 0 Å². The van der Waals surface area contributed by atoms with Gasteiger partial charge in [-0.2, -0.15) is 0 Å². The maximum Gasteiger partial charge on any atom is 0.253 e. The van der Waals surface area contributed by atoms with Gasteiger partial charge >= 0.3 is 0 Å². The summed E-state index contributed by atoms with van der Waals surface area (Å²) in [6, 6.07) is 4.59. The SMILES string of the molecule is CCN1CCN(C(=O)c2ccc(F)c(C)c2)C[C@@H]1c1ncc[nH]1. The third-order valence-electron chi connectivity index (χ3n) is 4.42. The molecule has 1 aromatic heterocycles. The lowest BCUT2D eigenvalue weighted by molar-refractivity contribution is 0.0479. The number of piperazine rings is 1. The first-order valence-electron chi connectivity index (χ1n) is 7.89. The number of hydrogen-bond donors (Lipinski definition) is 1. The Kier molecular flexibility index (Phi) is 4.43. The van der Waals surface area contributed by atoms with E-state index >= 15 is 0 Å². The monoisotopic (exact) mass is 316 g/mol. The van der Waals surface area contributed by atoms with E-state index in [0.29, 0.717) is 24.2 Å². The molecule has 122 valence electrons. The number of benzene rings is 1. The van der Waals surface area contributed by atoms with Gasteiger partial charge in [0.25, 0.3) is 5.91 Å². The second-order valence-electron chi connectivity index (χ2n) is 5.83. The first-order valence-corrected chi connectivity index (χ1v) is 7.89. The van der Waals surface area contributed by atoms with Crippen LogP contribution in [0.1, 0.15) is 34.7 Å². The smallest absolute Gasteiger partial charge is 0.253 e. The number of rotatable bonds is 3. The van der Waals surface area contributed by atoms with Gasteiger partial charge in [-0.3, -0.25) is 9.69 Å². The number of H-pyrrole nitrogens is 1. The zero-order valence-electron chi connectivity index (χ0n) is 13.4. The van der Waals surface area contributed by atoms with Crippen LogP contribution in [0.4, 0.5) is 4.39 Å². The van der Waals surface area contributed by atoms with Gasteiger partial charge < -0.3 is 9.88 Å². The molecule has 0 aliphatic carbocycles. The van der Waals surface area contributed by atoms with Crippen LogP contribution in [0.2, 0.25) is 0 Å². The van der Waals surface area contributed by atoms with Crippen LogP contribution >= 0.6 is 0 Å². The second-order valence-corrected chi connectivity index (χ2v) is 5.83. The van der Waals surface area contributed by atoms with Gasteiger partial charge in [0.1, 0.15) is 11.6 Å².